The molecule has 2 aliphatic rings. The van der Waals surface area contributed by atoms with Gasteiger partial charge in [-0.3, -0.25) is 0 Å². The Morgan fingerprint density at radius 1 is 1.00 bits per heavy atom. The van der Waals surface area contributed by atoms with Gasteiger partial charge in [0.05, 0.1) is 0 Å². The van der Waals surface area contributed by atoms with Crippen LogP contribution in [-0.4, -0.2) is 42.1 Å². The lowest BCUT2D eigenvalue weighted by molar-refractivity contribution is 0.175. The van der Waals surface area contributed by atoms with Gasteiger partial charge >= 0.3 is 0 Å². The summed E-state index contributed by atoms with van der Waals surface area (Å²) < 4.78 is 0. The molecule has 2 aliphatic heterocycles. The van der Waals surface area contributed by atoms with Crippen molar-refractivity contribution in [2.24, 2.45) is 0 Å². The molecule has 3 nitrogen and oxygen atoms in total. The van der Waals surface area contributed by atoms with Crippen molar-refractivity contribution in [3.05, 3.63) is 23.9 Å². The van der Waals surface area contributed by atoms with E-state index in [1.165, 1.54) is 76.1 Å². The molecule has 3 heterocycles. The molecule has 2 fully saturated rings. The van der Waals surface area contributed by atoms with Crippen molar-refractivity contribution in [1.82, 2.24) is 9.88 Å². The summed E-state index contributed by atoms with van der Waals surface area (Å²) in [5.41, 5.74) is 1.33. The molecule has 3 heteroatoms. The number of anilines is 1. The maximum atomic E-state index is 4.64. The van der Waals surface area contributed by atoms with Gasteiger partial charge in [-0.1, -0.05) is 25.8 Å². The summed E-state index contributed by atoms with van der Waals surface area (Å²) >= 11 is 0. The predicted molar refractivity (Wildman–Crippen MR) is 88.9 cm³/mol. The minimum absolute atomic E-state index is 0.814. The highest BCUT2D eigenvalue weighted by Crippen LogP contribution is 2.23. The van der Waals surface area contributed by atoms with Crippen LogP contribution in [0.25, 0.3) is 0 Å². The molecule has 0 unspecified atom stereocenters. The van der Waals surface area contributed by atoms with Crippen LogP contribution < -0.4 is 4.90 Å². The fourth-order valence-corrected chi connectivity index (χ4v) is 3.73. The summed E-state index contributed by atoms with van der Waals surface area (Å²) in [6, 6.07) is 5.24. The first-order chi connectivity index (χ1) is 10.4. The number of pyridine rings is 1. The number of likely N-dealkylation sites (tertiary alicyclic amines) is 1. The van der Waals surface area contributed by atoms with Gasteiger partial charge in [-0.05, 0) is 56.8 Å². The van der Waals surface area contributed by atoms with Crippen LogP contribution in [0.4, 0.5) is 5.82 Å². The van der Waals surface area contributed by atoms with Crippen LogP contribution in [0.3, 0.4) is 0 Å². The number of hydrogen-bond acceptors (Lipinski definition) is 3. The molecular formula is C18H29N3. The first-order valence-electron chi connectivity index (χ1n) is 8.81. The number of aromatic nitrogens is 1. The molecule has 3 rings (SSSR count). The van der Waals surface area contributed by atoms with Gasteiger partial charge < -0.3 is 9.80 Å². The van der Waals surface area contributed by atoms with Crippen molar-refractivity contribution in [3.63, 3.8) is 0 Å². The molecule has 0 spiro atoms. The zero-order valence-corrected chi connectivity index (χ0v) is 13.4. The van der Waals surface area contributed by atoms with E-state index >= 15 is 0 Å². The smallest absolute Gasteiger partial charge is 0.128 e. The first-order valence-corrected chi connectivity index (χ1v) is 8.81. The van der Waals surface area contributed by atoms with Crippen molar-refractivity contribution in [2.75, 3.05) is 31.1 Å². The molecule has 0 amide bonds. The second kappa shape index (κ2) is 7.26. The predicted octanol–water partition coefficient (Wildman–Crippen LogP) is 3.49. The fraction of sp³-hybridized carbons (Fsp3) is 0.722. The van der Waals surface area contributed by atoms with E-state index in [0.29, 0.717) is 0 Å². The molecular weight excluding hydrogens is 258 g/mol. The molecule has 0 aliphatic carbocycles. The van der Waals surface area contributed by atoms with Crippen LogP contribution in [0.15, 0.2) is 18.3 Å². The lowest BCUT2D eigenvalue weighted by Gasteiger charge is -2.38. The highest BCUT2D eigenvalue weighted by atomic mass is 15.2. The van der Waals surface area contributed by atoms with Crippen LogP contribution >= 0.6 is 0 Å². The van der Waals surface area contributed by atoms with Gasteiger partial charge in [-0.25, -0.2) is 4.98 Å². The van der Waals surface area contributed by atoms with Crippen molar-refractivity contribution >= 4 is 5.82 Å². The monoisotopic (exact) mass is 287 g/mol. The second-order valence-electron chi connectivity index (χ2n) is 6.55. The van der Waals surface area contributed by atoms with Gasteiger partial charge in [0.2, 0.25) is 0 Å². The minimum Gasteiger partial charge on any atom is -0.357 e. The largest absolute Gasteiger partial charge is 0.357 e. The van der Waals surface area contributed by atoms with Crippen molar-refractivity contribution in [1.29, 1.82) is 0 Å². The lowest BCUT2D eigenvalue weighted by Crippen LogP contribution is -2.45. The number of hydrogen-bond donors (Lipinski definition) is 0. The summed E-state index contributed by atoms with van der Waals surface area (Å²) in [5.74, 6) is 1.17. The molecule has 2 saturated heterocycles. The highest BCUT2D eigenvalue weighted by molar-refractivity contribution is 5.39. The average Bonchev–Trinajstić information content (AvgIpc) is 2.84. The minimum atomic E-state index is 0.814. The summed E-state index contributed by atoms with van der Waals surface area (Å²) in [6.07, 6.45) is 11.4. The Balaban J connectivity index is 1.54. The highest BCUT2D eigenvalue weighted by Gasteiger charge is 2.25. The third-order valence-electron chi connectivity index (χ3n) is 5.16. The normalized spacial score (nSPS) is 22.2. The Kier molecular flexibility index (Phi) is 5.13. The summed E-state index contributed by atoms with van der Waals surface area (Å²) in [4.78, 5) is 9.87. The second-order valence-corrected chi connectivity index (χ2v) is 6.55. The molecule has 0 radical (unpaired) electrons. The maximum absolute atomic E-state index is 4.64. The van der Waals surface area contributed by atoms with Gasteiger partial charge in [0.15, 0.2) is 0 Å². The van der Waals surface area contributed by atoms with E-state index in [2.05, 4.69) is 33.8 Å². The molecule has 0 bridgehead atoms. The molecule has 0 N–H and O–H groups in total. The van der Waals surface area contributed by atoms with Gasteiger partial charge in [-0.15, -0.1) is 0 Å². The Hall–Kier alpha value is -1.09. The van der Waals surface area contributed by atoms with E-state index in [4.69, 9.17) is 0 Å². The Bertz CT molecular complexity index is 413. The molecule has 21 heavy (non-hydrogen) atoms. The SMILES string of the molecule is CCc1ccc(N2CCC(N3CCCCCC3)CC2)nc1. The van der Waals surface area contributed by atoms with Gasteiger partial charge in [0.25, 0.3) is 0 Å². The molecule has 0 atom stereocenters. The molecule has 0 saturated carbocycles. The first kappa shape index (κ1) is 14.8. The number of piperidine rings is 1. The van der Waals surface area contributed by atoms with E-state index in [-0.39, 0.29) is 0 Å². The molecule has 1 aromatic rings. The third kappa shape index (κ3) is 3.76. The molecule has 0 aromatic carbocycles. The zero-order chi connectivity index (χ0) is 14.5. The zero-order valence-electron chi connectivity index (χ0n) is 13.4. The van der Waals surface area contributed by atoms with Crippen LogP contribution in [0, 0.1) is 0 Å². The quantitative estimate of drug-likeness (QED) is 0.848. The third-order valence-corrected chi connectivity index (χ3v) is 5.16. The van der Waals surface area contributed by atoms with Gasteiger partial charge in [-0.2, -0.15) is 0 Å². The van der Waals surface area contributed by atoms with Crippen molar-refractivity contribution in [2.45, 2.75) is 57.9 Å². The van der Waals surface area contributed by atoms with E-state index in [0.717, 1.165) is 12.5 Å². The van der Waals surface area contributed by atoms with Crippen LogP contribution in [0.1, 0.15) is 51.0 Å². The molecule has 116 valence electrons. The fourth-order valence-electron chi connectivity index (χ4n) is 3.73. The van der Waals surface area contributed by atoms with Crippen molar-refractivity contribution in [3.8, 4) is 0 Å². The van der Waals surface area contributed by atoms with Gasteiger partial charge in [0, 0.05) is 25.3 Å². The van der Waals surface area contributed by atoms with Crippen LogP contribution in [0.5, 0.6) is 0 Å². The average molecular weight is 287 g/mol. The van der Waals surface area contributed by atoms with E-state index in [1.807, 2.05) is 6.20 Å². The van der Waals surface area contributed by atoms with E-state index < -0.39 is 0 Å². The van der Waals surface area contributed by atoms with E-state index in [1.54, 1.807) is 0 Å². The topological polar surface area (TPSA) is 19.4 Å². The Morgan fingerprint density at radius 3 is 2.29 bits per heavy atom. The number of rotatable bonds is 3. The standard InChI is InChI=1S/C18H29N3/c1-2-16-7-8-18(19-15-16)21-13-9-17(10-14-21)20-11-5-3-4-6-12-20/h7-8,15,17H,2-6,9-14H2,1H3. The lowest BCUT2D eigenvalue weighted by atomic mass is 10.0. The van der Waals surface area contributed by atoms with Crippen LogP contribution in [-0.2, 0) is 6.42 Å². The maximum Gasteiger partial charge on any atom is 0.128 e. The molecule has 1 aromatic heterocycles. The van der Waals surface area contributed by atoms with Gasteiger partial charge in [0.1, 0.15) is 5.82 Å². The van der Waals surface area contributed by atoms with Crippen LogP contribution in [0.2, 0.25) is 0 Å². The summed E-state index contributed by atoms with van der Waals surface area (Å²) in [5, 5.41) is 0. The summed E-state index contributed by atoms with van der Waals surface area (Å²) in [6.45, 7) is 7.17. The number of aryl methyl sites for hydroxylation is 1. The van der Waals surface area contributed by atoms with Crippen molar-refractivity contribution < 1.29 is 0 Å². The summed E-state index contributed by atoms with van der Waals surface area (Å²) in [7, 11) is 0. The van der Waals surface area contributed by atoms with E-state index in [9.17, 15) is 0 Å². The Morgan fingerprint density at radius 2 is 1.71 bits per heavy atom. The Labute approximate surface area is 129 Å². The number of nitrogens with zero attached hydrogens (tertiary/aromatic N) is 3.